The molecule has 0 spiro atoms. The fraction of sp³-hybridized carbons (Fsp3) is 0.290. The summed E-state index contributed by atoms with van der Waals surface area (Å²) in [4.78, 5) is 47.6. The van der Waals surface area contributed by atoms with E-state index in [2.05, 4.69) is 15.6 Å². The van der Waals surface area contributed by atoms with E-state index in [1.807, 2.05) is 30.3 Å². The van der Waals surface area contributed by atoms with Crippen molar-refractivity contribution in [3.05, 3.63) is 71.7 Å². The number of aromatic nitrogens is 1. The van der Waals surface area contributed by atoms with E-state index < -0.39 is 35.8 Å². The van der Waals surface area contributed by atoms with Crippen LogP contribution < -0.4 is 20.3 Å². The first-order valence-corrected chi connectivity index (χ1v) is 14.7. The summed E-state index contributed by atoms with van der Waals surface area (Å²) in [6, 6.07) is 17.3. The van der Waals surface area contributed by atoms with Crippen LogP contribution in [0.4, 0.5) is 26.7 Å². The number of ether oxygens (including phenoxy) is 2. The van der Waals surface area contributed by atoms with Crippen molar-refractivity contribution in [1.29, 1.82) is 0 Å². The van der Waals surface area contributed by atoms with Gasteiger partial charge in [0.2, 0.25) is 0 Å². The summed E-state index contributed by atoms with van der Waals surface area (Å²) in [5.74, 6) is 0.896. The van der Waals surface area contributed by atoms with Crippen LogP contribution in [0.3, 0.4) is 0 Å². The van der Waals surface area contributed by atoms with Gasteiger partial charge in [-0.2, -0.15) is 0 Å². The molecule has 1 fully saturated rings. The van der Waals surface area contributed by atoms with Crippen LogP contribution in [0.2, 0.25) is 0 Å². The van der Waals surface area contributed by atoms with Crippen molar-refractivity contribution in [3.8, 4) is 11.5 Å². The number of β-amino-alcohol motifs (C(OH)–C–C–N with tert-alkyl or cyclic N) is 1. The number of likely N-dealkylation sites (tertiary alicyclic amines) is 1. The van der Waals surface area contributed by atoms with Crippen LogP contribution in [0.1, 0.15) is 36.9 Å². The number of amides is 4. The zero-order valence-electron chi connectivity index (χ0n) is 23.9. The van der Waals surface area contributed by atoms with Crippen LogP contribution in [0, 0.1) is 0 Å². The molecule has 222 valence electrons. The maximum absolute atomic E-state index is 13.5. The second-order valence-electron chi connectivity index (χ2n) is 11.4. The lowest BCUT2D eigenvalue weighted by atomic mass is 10.0. The zero-order valence-corrected chi connectivity index (χ0v) is 24.7. The van der Waals surface area contributed by atoms with Crippen LogP contribution in [0.15, 0.2) is 66.9 Å². The number of carbonyl (C=O) groups is 3. The minimum Gasteiger partial charge on any atom is -0.457 e. The maximum atomic E-state index is 13.5. The second kappa shape index (κ2) is 11.2. The van der Waals surface area contributed by atoms with Gasteiger partial charge in [0.25, 0.3) is 5.91 Å². The first kappa shape index (κ1) is 28.4. The topological polar surface area (TPSA) is 133 Å². The van der Waals surface area contributed by atoms with E-state index in [1.165, 1.54) is 9.80 Å². The van der Waals surface area contributed by atoms with Gasteiger partial charge >= 0.3 is 12.1 Å². The van der Waals surface area contributed by atoms with Crippen LogP contribution in [-0.4, -0.2) is 63.9 Å². The molecule has 11 nitrogen and oxygen atoms in total. The summed E-state index contributed by atoms with van der Waals surface area (Å²) in [5, 5.41) is 17.2. The van der Waals surface area contributed by atoms with Crippen molar-refractivity contribution >= 4 is 56.6 Å². The number of aliphatic hydroxyl groups is 1. The molecular formula is C31H31N5O6S. The Balaban J connectivity index is 1.20. The number of hydrogen-bond donors (Lipinski definition) is 3. The average Bonchev–Trinajstić information content (AvgIpc) is 3.34. The molecule has 1 saturated heterocycles. The number of benzene rings is 2. The average molecular weight is 602 g/mol. The van der Waals surface area contributed by atoms with Crippen molar-refractivity contribution < 1.29 is 29.0 Å². The predicted octanol–water partition coefficient (Wildman–Crippen LogP) is 5.87. The Labute approximate surface area is 252 Å². The summed E-state index contributed by atoms with van der Waals surface area (Å²) in [7, 11) is 0. The summed E-state index contributed by atoms with van der Waals surface area (Å²) in [5.41, 5.74) is 0.948. The van der Waals surface area contributed by atoms with Crippen molar-refractivity contribution in [2.45, 2.75) is 44.9 Å². The van der Waals surface area contributed by atoms with E-state index in [-0.39, 0.29) is 11.4 Å². The van der Waals surface area contributed by atoms with Crippen LogP contribution in [0.25, 0.3) is 10.2 Å². The number of rotatable bonds is 5. The SMILES string of the molecule is CC(C)(C)OC(=O)N1CC[C@H](NC(=O)c2sc3nccc4c3c2NC(=O)N4c2ccc(Oc3ccccc3)cc2)[C@H](O)C1. The molecule has 12 heteroatoms. The molecule has 0 radical (unpaired) electrons. The largest absolute Gasteiger partial charge is 0.457 e. The van der Waals surface area contributed by atoms with Gasteiger partial charge in [0.15, 0.2) is 0 Å². The van der Waals surface area contributed by atoms with E-state index in [4.69, 9.17) is 9.47 Å². The highest BCUT2D eigenvalue weighted by Gasteiger charge is 2.36. The van der Waals surface area contributed by atoms with Gasteiger partial charge in [-0.1, -0.05) is 18.2 Å². The van der Waals surface area contributed by atoms with E-state index >= 15 is 0 Å². The predicted molar refractivity (Wildman–Crippen MR) is 163 cm³/mol. The number of hydrogen-bond acceptors (Lipinski definition) is 8. The van der Waals surface area contributed by atoms with Gasteiger partial charge in [-0.05, 0) is 69.7 Å². The molecular weight excluding hydrogens is 570 g/mol. The fourth-order valence-electron chi connectivity index (χ4n) is 5.11. The molecule has 6 rings (SSSR count). The number of nitrogens with one attached hydrogen (secondary N) is 2. The number of urea groups is 1. The normalized spacial score (nSPS) is 18.3. The van der Waals surface area contributed by atoms with E-state index in [0.717, 1.165) is 11.3 Å². The second-order valence-corrected chi connectivity index (χ2v) is 12.4. The minimum atomic E-state index is -0.983. The number of anilines is 3. The first-order valence-electron chi connectivity index (χ1n) is 13.9. The Kier molecular flexibility index (Phi) is 7.40. The third-order valence-corrected chi connectivity index (χ3v) is 8.17. The number of aliphatic hydroxyl groups excluding tert-OH is 1. The monoisotopic (exact) mass is 601 g/mol. The van der Waals surface area contributed by atoms with Crippen LogP contribution in [-0.2, 0) is 4.74 Å². The standard InChI is InChI=1S/C31H31N5O6S/c1-31(2,3)42-30(40)35-16-14-21(23(37)17-35)33-27(38)26-25-24-22(13-15-32-28(24)43-26)36(29(39)34-25)18-9-11-20(12-10-18)41-19-7-5-4-6-8-19/h4-13,15,21,23,37H,14,16-17H2,1-3H3,(H,33,38)(H,34,39)/t21-,23+/m0/s1. The molecule has 4 amide bonds. The molecule has 0 saturated carbocycles. The Morgan fingerprint density at radius 2 is 1.79 bits per heavy atom. The van der Waals surface area contributed by atoms with Crippen molar-refractivity contribution in [3.63, 3.8) is 0 Å². The molecule has 2 aliphatic heterocycles. The Bertz CT molecular complexity index is 1680. The number of thiophene rings is 1. The lowest BCUT2D eigenvalue weighted by molar-refractivity contribution is -0.00406. The lowest BCUT2D eigenvalue weighted by Crippen LogP contribution is -2.55. The van der Waals surface area contributed by atoms with Crippen molar-refractivity contribution in [2.75, 3.05) is 23.3 Å². The van der Waals surface area contributed by atoms with Gasteiger partial charge in [0, 0.05) is 12.7 Å². The van der Waals surface area contributed by atoms with Crippen LogP contribution >= 0.6 is 11.3 Å². The molecule has 0 unspecified atom stereocenters. The summed E-state index contributed by atoms with van der Waals surface area (Å²) in [6.07, 6.45) is 0.465. The van der Waals surface area contributed by atoms with Gasteiger partial charge in [-0.15, -0.1) is 11.3 Å². The molecule has 3 N–H and O–H groups in total. The number of pyridine rings is 1. The van der Waals surface area contributed by atoms with Crippen molar-refractivity contribution in [1.82, 2.24) is 15.2 Å². The summed E-state index contributed by atoms with van der Waals surface area (Å²) < 4.78 is 11.3. The zero-order chi connectivity index (χ0) is 30.3. The highest BCUT2D eigenvalue weighted by Crippen LogP contribution is 2.46. The van der Waals surface area contributed by atoms with Crippen molar-refractivity contribution in [2.24, 2.45) is 0 Å². The van der Waals surface area contributed by atoms with E-state index in [1.54, 1.807) is 57.3 Å². The number of para-hydroxylation sites is 1. The van der Waals surface area contributed by atoms with Gasteiger partial charge in [0.05, 0.1) is 41.1 Å². The third-order valence-electron chi connectivity index (χ3n) is 7.08. The quantitative estimate of drug-likeness (QED) is 0.260. The number of nitrogens with zero attached hydrogens (tertiary/aromatic N) is 3. The van der Waals surface area contributed by atoms with Gasteiger partial charge in [-0.3, -0.25) is 9.69 Å². The molecule has 2 atom stereocenters. The van der Waals surface area contributed by atoms with E-state index in [0.29, 0.717) is 51.7 Å². The Morgan fingerprint density at radius 3 is 2.49 bits per heavy atom. The number of piperidine rings is 1. The summed E-state index contributed by atoms with van der Waals surface area (Å²) in [6.45, 7) is 5.69. The lowest BCUT2D eigenvalue weighted by Gasteiger charge is -2.36. The van der Waals surface area contributed by atoms with Gasteiger partial charge in [-0.25, -0.2) is 14.6 Å². The highest BCUT2D eigenvalue weighted by molar-refractivity contribution is 7.21. The number of carbonyl (C=O) groups excluding carboxylic acids is 3. The third kappa shape index (κ3) is 5.84. The van der Waals surface area contributed by atoms with Crippen LogP contribution in [0.5, 0.6) is 11.5 Å². The molecule has 4 heterocycles. The molecule has 2 aliphatic rings. The molecule has 4 aromatic rings. The molecule has 43 heavy (non-hydrogen) atoms. The van der Waals surface area contributed by atoms with Gasteiger partial charge in [0.1, 0.15) is 26.8 Å². The smallest absolute Gasteiger partial charge is 0.410 e. The highest BCUT2D eigenvalue weighted by atomic mass is 32.1. The molecule has 2 aromatic heterocycles. The molecule has 0 aliphatic carbocycles. The molecule has 0 bridgehead atoms. The molecule has 2 aromatic carbocycles. The first-order chi connectivity index (χ1) is 20.6. The Hall–Kier alpha value is -4.68. The minimum absolute atomic E-state index is 0.0334. The fourth-order valence-corrected chi connectivity index (χ4v) is 6.14. The summed E-state index contributed by atoms with van der Waals surface area (Å²) >= 11 is 1.16. The van der Waals surface area contributed by atoms with Gasteiger partial charge < -0.3 is 30.1 Å². The Morgan fingerprint density at radius 1 is 1.07 bits per heavy atom. The maximum Gasteiger partial charge on any atom is 0.410 e. The van der Waals surface area contributed by atoms with E-state index in [9.17, 15) is 19.5 Å².